The molecule has 1 fully saturated rings. The number of nitrogens with zero attached hydrogens (tertiary/aromatic N) is 4. The fraction of sp³-hybridized carbons (Fsp3) is 0.333. The molecule has 4 rings (SSSR count). The number of methoxy groups -OCH3 is 1. The van der Waals surface area contributed by atoms with Crippen molar-refractivity contribution in [2.75, 3.05) is 7.11 Å². The standard InChI is InChI=1S/C21H23N5O4S/c1-30-17-11-5-14(6-12-17)13-26-24-21(23-25-26)20-18(15-7-9-16(27)10-8-15)3-2-4-19(20)31(22,28)29/h2-6,11-12,15H,7-10,13H2,1H3,(H2,22,28,29). The smallest absolute Gasteiger partial charge is 0.238 e. The molecular formula is C21H23N5O4S. The predicted molar refractivity (Wildman–Crippen MR) is 113 cm³/mol. The van der Waals surface area contributed by atoms with Crippen LogP contribution in [0.25, 0.3) is 11.4 Å². The summed E-state index contributed by atoms with van der Waals surface area (Å²) in [6.07, 6.45) is 2.25. The van der Waals surface area contributed by atoms with Gasteiger partial charge in [0.15, 0.2) is 0 Å². The molecule has 1 heterocycles. The Balaban J connectivity index is 1.71. The Morgan fingerprint density at radius 3 is 2.48 bits per heavy atom. The number of aromatic nitrogens is 4. The zero-order valence-corrected chi connectivity index (χ0v) is 17.9. The van der Waals surface area contributed by atoms with E-state index in [2.05, 4.69) is 15.4 Å². The van der Waals surface area contributed by atoms with E-state index in [1.54, 1.807) is 13.2 Å². The summed E-state index contributed by atoms with van der Waals surface area (Å²) < 4.78 is 29.8. The van der Waals surface area contributed by atoms with Crippen molar-refractivity contribution in [1.29, 1.82) is 0 Å². The van der Waals surface area contributed by atoms with Crippen LogP contribution in [0.3, 0.4) is 0 Å². The van der Waals surface area contributed by atoms with Gasteiger partial charge in [0.05, 0.1) is 18.6 Å². The third-order valence-corrected chi connectivity index (χ3v) is 6.46. The normalized spacial score (nSPS) is 15.2. The number of primary sulfonamides is 1. The van der Waals surface area contributed by atoms with Crippen molar-refractivity contribution in [3.63, 3.8) is 0 Å². The van der Waals surface area contributed by atoms with Crippen molar-refractivity contribution in [3.05, 3.63) is 53.6 Å². The van der Waals surface area contributed by atoms with Crippen LogP contribution >= 0.6 is 0 Å². The second-order valence-electron chi connectivity index (χ2n) is 7.57. The summed E-state index contributed by atoms with van der Waals surface area (Å²) in [4.78, 5) is 13.0. The van der Waals surface area contributed by atoms with Gasteiger partial charge in [0.2, 0.25) is 15.8 Å². The summed E-state index contributed by atoms with van der Waals surface area (Å²) >= 11 is 0. The lowest BCUT2D eigenvalue weighted by Gasteiger charge is -2.24. The van der Waals surface area contributed by atoms with Crippen LogP contribution in [0.15, 0.2) is 47.4 Å². The number of Topliss-reactive ketones (excluding diaryl/α,β-unsaturated/α-hetero) is 1. The number of hydrogen-bond donors (Lipinski definition) is 1. The Hall–Kier alpha value is -3.11. The van der Waals surface area contributed by atoms with Crippen LogP contribution < -0.4 is 9.88 Å². The molecule has 162 valence electrons. The molecule has 2 N–H and O–H groups in total. The second-order valence-corrected chi connectivity index (χ2v) is 9.10. The van der Waals surface area contributed by atoms with Gasteiger partial charge >= 0.3 is 0 Å². The topological polar surface area (TPSA) is 130 Å². The van der Waals surface area contributed by atoms with E-state index in [0.717, 1.165) is 16.9 Å². The molecule has 0 saturated heterocycles. The van der Waals surface area contributed by atoms with E-state index in [-0.39, 0.29) is 22.4 Å². The van der Waals surface area contributed by atoms with Crippen molar-refractivity contribution < 1.29 is 17.9 Å². The molecule has 31 heavy (non-hydrogen) atoms. The summed E-state index contributed by atoms with van der Waals surface area (Å²) in [5.74, 6) is 1.20. The maximum Gasteiger partial charge on any atom is 0.238 e. The molecule has 0 radical (unpaired) electrons. The predicted octanol–water partition coefficient (Wildman–Crippen LogP) is 2.27. The Kier molecular flexibility index (Phi) is 5.84. The summed E-state index contributed by atoms with van der Waals surface area (Å²) in [5, 5.41) is 18.2. The molecule has 3 aromatic rings. The first-order valence-corrected chi connectivity index (χ1v) is 11.5. The number of tetrazole rings is 1. The third-order valence-electron chi connectivity index (χ3n) is 5.51. The van der Waals surface area contributed by atoms with E-state index >= 15 is 0 Å². The highest BCUT2D eigenvalue weighted by atomic mass is 32.2. The van der Waals surface area contributed by atoms with Gasteiger partial charge in [-0.2, -0.15) is 4.80 Å². The minimum Gasteiger partial charge on any atom is -0.497 e. The molecule has 0 amide bonds. The van der Waals surface area contributed by atoms with Gasteiger partial charge in [-0.05, 0) is 53.3 Å². The number of benzene rings is 2. The summed E-state index contributed by atoms with van der Waals surface area (Å²) in [5.41, 5.74) is 2.09. The molecule has 0 atom stereocenters. The molecule has 1 saturated carbocycles. The summed E-state index contributed by atoms with van der Waals surface area (Å²) in [7, 11) is -2.41. The van der Waals surface area contributed by atoms with Gasteiger partial charge in [0.25, 0.3) is 0 Å². The molecule has 1 aromatic heterocycles. The van der Waals surface area contributed by atoms with Crippen molar-refractivity contribution >= 4 is 15.8 Å². The largest absolute Gasteiger partial charge is 0.497 e. The number of rotatable bonds is 6. The number of sulfonamides is 1. The van der Waals surface area contributed by atoms with Gasteiger partial charge in [-0.3, -0.25) is 4.79 Å². The zero-order chi connectivity index (χ0) is 22.0. The third kappa shape index (κ3) is 4.64. The Morgan fingerprint density at radius 1 is 1.13 bits per heavy atom. The number of ketones is 1. The molecule has 1 aliphatic rings. The van der Waals surface area contributed by atoms with Gasteiger partial charge in [-0.1, -0.05) is 24.3 Å². The van der Waals surface area contributed by atoms with E-state index in [0.29, 0.717) is 37.8 Å². The highest BCUT2D eigenvalue weighted by Crippen LogP contribution is 2.38. The van der Waals surface area contributed by atoms with Crippen LogP contribution in [0.5, 0.6) is 5.75 Å². The number of carbonyl (C=O) groups is 1. The molecule has 0 unspecified atom stereocenters. The molecule has 1 aliphatic carbocycles. The van der Waals surface area contributed by atoms with Gasteiger partial charge in [0, 0.05) is 18.4 Å². The molecule has 9 nitrogen and oxygen atoms in total. The Morgan fingerprint density at radius 2 is 1.84 bits per heavy atom. The average molecular weight is 442 g/mol. The van der Waals surface area contributed by atoms with E-state index in [1.807, 2.05) is 30.3 Å². The maximum atomic E-state index is 12.3. The van der Waals surface area contributed by atoms with E-state index in [9.17, 15) is 13.2 Å². The highest BCUT2D eigenvalue weighted by molar-refractivity contribution is 7.89. The van der Waals surface area contributed by atoms with E-state index in [1.165, 1.54) is 10.9 Å². The minimum absolute atomic E-state index is 0.0305. The lowest BCUT2D eigenvalue weighted by Crippen LogP contribution is -2.17. The first-order chi connectivity index (χ1) is 14.8. The van der Waals surface area contributed by atoms with Crippen molar-refractivity contribution in [3.8, 4) is 17.1 Å². The maximum absolute atomic E-state index is 12.3. The van der Waals surface area contributed by atoms with Crippen molar-refractivity contribution in [2.24, 2.45) is 5.14 Å². The number of ether oxygens (including phenoxy) is 1. The first-order valence-electron chi connectivity index (χ1n) is 9.93. The average Bonchev–Trinajstić information content (AvgIpc) is 3.22. The lowest BCUT2D eigenvalue weighted by molar-refractivity contribution is -0.120. The monoisotopic (exact) mass is 441 g/mol. The van der Waals surface area contributed by atoms with Crippen LogP contribution in [0, 0.1) is 0 Å². The SMILES string of the molecule is COc1ccc(Cn2nnc(-c3c(C4CCC(=O)CC4)cccc3S(N)(=O)=O)n2)cc1. The highest BCUT2D eigenvalue weighted by Gasteiger charge is 2.28. The van der Waals surface area contributed by atoms with Crippen LogP contribution in [0.4, 0.5) is 0 Å². The number of hydrogen-bond acceptors (Lipinski definition) is 7. The summed E-state index contributed by atoms with van der Waals surface area (Å²) in [6, 6.07) is 12.4. The molecule has 0 aliphatic heterocycles. The van der Waals surface area contributed by atoms with Gasteiger partial charge in [0.1, 0.15) is 11.5 Å². The zero-order valence-electron chi connectivity index (χ0n) is 17.1. The van der Waals surface area contributed by atoms with Crippen molar-refractivity contribution in [2.45, 2.75) is 43.0 Å². The van der Waals surface area contributed by atoms with Crippen molar-refractivity contribution in [1.82, 2.24) is 20.2 Å². The van der Waals surface area contributed by atoms with Crippen LogP contribution in [0.2, 0.25) is 0 Å². The molecular weight excluding hydrogens is 418 g/mol. The number of carbonyl (C=O) groups excluding carboxylic acids is 1. The van der Waals surface area contributed by atoms with E-state index < -0.39 is 10.0 Å². The fourth-order valence-electron chi connectivity index (χ4n) is 3.92. The summed E-state index contributed by atoms with van der Waals surface area (Å²) in [6.45, 7) is 0.363. The van der Waals surface area contributed by atoms with Crippen LogP contribution in [0.1, 0.15) is 42.7 Å². The first kappa shape index (κ1) is 21.1. The molecule has 0 bridgehead atoms. The quantitative estimate of drug-likeness (QED) is 0.621. The minimum atomic E-state index is -4.01. The molecule has 2 aromatic carbocycles. The second kappa shape index (κ2) is 8.56. The fourth-order valence-corrected chi connectivity index (χ4v) is 4.68. The Labute approximate surface area is 180 Å². The van der Waals surface area contributed by atoms with Gasteiger partial charge < -0.3 is 4.74 Å². The van der Waals surface area contributed by atoms with E-state index in [4.69, 9.17) is 9.88 Å². The van der Waals surface area contributed by atoms with Gasteiger partial charge in [-0.15, -0.1) is 10.2 Å². The lowest BCUT2D eigenvalue weighted by atomic mass is 9.81. The molecule has 0 spiro atoms. The van der Waals surface area contributed by atoms with Crippen LogP contribution in [-0.2, 0) is 21.4 Å². The number of nitrogens with two attached hydrogens (primary N) is 1. The Bertz CT molecular complexity index is 1190. The molecule has 10 heteroatoms. The van der Waals surface area contributed by atoms with Gasteiger partial charge in [-0.25, -0.2) is 13.6 Å². The van der Waals surface area contributed by atoms with Crippen LogP contribution in [-0.4, -0.2) is 41.5 Å².